The van der Waals surface area contributed by atoms with Gasteiger partial charge in [0.2, 0.25) is 5.91 Å². The Labute approximate surface area is 135 Å². The third-order valence-electron chi connectivity index (χ3n) is 3.09. The molecule has 0 spiro atoms. The van der Waals surface area contributed by atoms with Gasteiger partial charge in [-0.15, -0.1) is 0 Å². The summed E-state index contributed by atoms with van der Waals surface area (Å²) < 4.78 is 0. The molecule has 0 aliphatic carbocycles. The van der Waals surface area contributed by atoms with Crippen LogP contribution in [0.5, 0.6) is 0 Å². The zero-order valence-electron chi connectivity index (χ0n) is 11.9. The molecule has 0 saturated carbocycles. The fraction of sp³-hybridized carbons (Fsp3) is 0.538. The molecule has 3 amide bonds. The van der Waals surface area contributed by atoms with E-state index in [1.807, 2.05) is 0 Å². The first kappa shape index (κ1) is 18.5. The van der Waals surface area contributed by atoms with Crippen molar-refractivity contribution in [2.75, 3.05) is 13.1 Å². The van der Waals surface area contributed by atoms with Crippen molar-refractivity contribution in [1.29, 1.82) is 0 Å². The number of imide groups is 1. The Morgan fingerprint density at radius 2 is 1.91 bits per heavy atom. The van der Waals surface area contributed by atoms with Gasteiger partial charge < -0.3 is 11.1 Å². The van der Waals surface area contributed by atoms with Crippen LogP contribution < -0.4 is 5.32 Å². The molecule has 9 heteroatoms. The van der Waals surface area contributed by atoms with Crippen LogP contribution in [-0.2, 0) is 31.0 Å². The van der Waals surface area contributed by atoms with Crippen molar-refractivity contribution in [3.8, 4) is 0 Å². The molecule has 7 nitrogen and oxygen atoms in total. The summed E-state index contributed by atoms with van der Waals surface area (Å²) in [6.45, 7) is 0.503. The highest BCUT2D eigenvalue weighted by Crippen LogP contribution is 2.10. The highest BCUT2D eigenvalue weighted by Gasteiger charge is 2.23. The van der Waals surface area contributed by atoms with E-state index in [0.29, 0.717) is 25.8 Å². The van der Waals surface area contributed by atoms with Gasteiger partial charge in [0.05, 0.1) is 0 Å². The quantitative estimate of drug-likeness (QED) is 0.361. The first-order valence-electron chi connectivity index (χ1n) is 6.84. The van der Waals surface area contributed by atoms with Gasteiger partial charge in [-0.25, -0.2) is 0 Å². The number of carbonyl (C=O) groups excluding carboxylic acids is 4. The lowest BCUT2D eigenvalue weighted by Crippen LogP contribution is -2.35. The van der Waals surface area contributed by atoms with Gasteiger partial charge in [0, 0.05) is 39.0 Å². The summed E-state index contributed by atoms with van der Waals surface area (Å²) in [6.07, 6.45) is 4.17. The van der Waals surface area contributed by atoms with E-state index in [2.05, 4.69) is 17.1 Å². The fourth-order valence-electron chi connectivity index (χ4n) is 1.84. The number of hydrogen-bond donors (Lipinski definition) is 1. The Bertz CT molecular complexity index is 492. The number of carbonyl (C=O) groups is 4. The van der Waals surface area contributed by atoms with E-state index >= 15 is 0 Å². The zero-order chi connectivity index (χ0) is 16.5. The van der Waals surface area contributed by atoms with Crippen molar-refractivity contribution in [2.45, 2.75) is 31.7 Å². The van der Waals surface area contributed by atoms with Crippen molar-refractivity contribution < 1.29 is 19.2 Å². The molecule has 0 fully saturated rings. The third-order valence-corrected chi connectivity index (χ3v) is 4.12. The van der Waals surface area contributed by atoms with Gasteiger partial charge in [-0.3, -0.25) is 24.1 Å². The Morgan fingerprint density at radius 3 is 2.50 bits per heavy atom. The molecule has 1 rings (SSSR count). The second-order valence-corrected chi connectivity index (χ2v) is 5.91. The molecule has 1 aliphatic rings. The van der Waals surface area contributed by atoms with Gasteiger partial charge in [-0.1, -0.05) is 18.9 Å². The summed E-state index contributed by atoms with van der Waals surface area (Å²) in [5.41, 5.74) is 7.24. The second-order valence-electron chi connectivity index (χ2n) is 4.74. The van der Waals surface area contributed by atoms with Crippen molar-refractivity contribution in [3.63, 3.8) is 0 Å². The predicted octanol–water partition coefficient (Wildman–Crippen LogP) is 0.943. The molecule has 2 N–H and O–H groups in total. The van der Waals surface area contributed by atoms with Crippen LogP contribution in [0.2, 0.25) is 0 Å². The van der Waals surface area contributed by atoms with Crippen LogP contribution in [-0.4, -0.2) is 47.3 Å². The van der Waals surface area contributed by atoms with E-state index in [1.165, 1.54) is 12.2 Å². The van der Waals surface area contributed by atoms with Crippen molar-refractivity contribution in [3.05, 3.63) is 17.9 Å². The summed E-state index contributed by atoms with van der Waals surface area (Å²) in [4.78, 5) is 46.3. The van der Waals surface area contributed by atoms with Crippen molar-refractivity contribution >= 4 is 42.4 Å². The summed E-state index contributed by atoms with van der Waals surface area (Å²) >= 11 is 4.57. The monoisotopic (exact) mass is 342 g/mol. The van der Waals surface area contributed by atoms with Gasteiger partial charge in [-0.2, -0.15) is 0 Å². The average Bonchev–Trinajstić information content (AvgIpc) is 2.82. The maximum atomic E-state index is 11.6. The van der Waals surface area contributed by atoms with Crippen LogP contribution in [0.3, 0.4) is 0 Å². The maximum Gasteiger partial charge on any atom is 0.253 e. The summed E-state index contributed by atoms with van der Waals surface area (Å²) in [5, 5.41) is 2.68. The molecule has 0 saturated heterocycles. The molecule has 0 aromatic heterocycles. The summed E-state index contributed by atoms with van der Waals surface area (Å²) in [6, 6.07) is -0.783. The van der Waals surface area contributed by atoms with Gasteiger partial charge >= 0.3 is 0 Å². The number of amides is 3. The van der Waals surface area contributed by atoms with Crippen LogP contribution in [0.4, 0.5) is 0 Å². The Balaban J connectivity index is 2.09. The van der Waals surface area contributed by atoms with Crippen LogP contribution in [0.25, 0.3) is 5.73 Å². The minimum Gasteiger partial charge on any atom is -0.668 e. The first-order valence-corrected chi connectivity index (χ1v) is 8.75. The molecular weight excluding hydrogens is 325 g/mol. The highest BCUT2D eigenvalue weighted by atomic mass is 32.4. The minimum absolute atomic E-state index is 0.0630. The van der Waals surface area contributed by atoms with Crippen molar-refractivity contribution in [1.82, 2.24) is 10.2 Å². The van der Waals surface area contributed by atoms with Crippen LogP contribution in [0.15, 0.2) is 12.2 Å². The highest BCUT2D eigenvalue weighted by molar-refractivity contribution is 8.03. The number of nitrogens with one attached hydrogen (secondary N) is 2. The molecule has 22 heavy (non-hydrogen) atoms. The number of nitrogens with zero attached hydrogens (tertiary/aromatic N) is 1. The van der Waals surface area contributed by atoms with Crippen LogP contribution >= 0.6 is 7.36 Å². The van der Waals surface area contributed by atoms with Gasteiger partial charge in [0.1, 0.15) is 0 Å². The molecule has 0 radical (unpaired) electrons. The van der Waals surface area contributed by atoms with E-state index in [9.17, 15) is 19.2 Å². The van der Waals surface area contributed by atoms with E-state index in [1.54, 1.807) is 0 Å². The van der Waals surface area contributed by atoms with Crippen LogP contribution in [0, 0.1) is 0 Å². The standard InChI is InChI=1S/C13H17N3O4PS/c14-9(13(20)21-22)3-1-2-7-15-10(17)6-8-16-11(18)4-5-12(16)19/h4-5,9,14H,1-3,6-8H2,(H,15,17)/q-1. The summed E-state index contributed by atoms with van der Waals surface area (Å²) in [5.74, 6) is -1.04. The smallest absolute Gasteiger partial charge is 0.253 e. The van der Waals surface area contributed by atoms with E-state index in [4.69, 9.17) is 5.73 Å². The predicted molar refractivity (Wildman–Crippen MR) is 84.7 cm³/mol. The molecule has 1 unspecified atom stereocenters. The molecule has 0 aromatic carbocycles. The first-order chi connectivity index (χ1) is 10.5. The number of rotatable bonds is 10. The van der Waals surface area contributed by atoms with Crippen LogP contribution in [0.1, 0.15) is 25.7 Å². The Kier molecular flexibility index (Phi) is 8.01. The molecule has 0 aromatic rings. The topological polar surface area (TPSA) is 107 Å². The van der Waals surface area contributed by atoms with Gasteiger partial charge in [-0.05, 0) is 18.2 Å². The molecule has 1 heterocycles. The third kappa shape index (κ3) is 6.09. The van der Waals surface area contributed by atoms with E-state index in [-0.39, 0.29) is 31.8 Å². The molecular formula is C13H17N3O4PS-. The lowest BCUT2D eigenvalue weighted by atomic mass is 10.1. The summed E-state index contributed by atoms with van der Waals surface area (Å²) in [7, 11) is 0.192. The lowest BCUT2D eigenvalue weighted by Gasteiger charge is -2.15. The van der Waals surface area contributed by atoms with Gasteiger partial charge in [0.25, 0.3) is 11.8 Å². The van der Waals surface area contributed by atoms with E-state index < -0.39 is 17.9 Å². The molecule has 120 valence electrons. The average molecular weight is 342 g/mol. The molecule has 1 atom stereocenters. The lowest BCUT2D eigenvalue weighted by molar-refractivity contribution is -0.137. The SMILES string of the molecule is [NH-]C(CCCCNC(=O)CCN1C(=O)C=CC1=O)C(=O)P=S. The largest absolute Gasteiger partial charge is 0.668 e. The number of hydrogen-bond acceptors (Lipinski definition) is 5. The molecule has 1 aliphatic heterocycles. The van der Waals surface area contributed by atoms with Crippen molar-refractivity contribution in [2.24, 2.45) is 0 Å². The Morgan fingerprint density at radius 1 is 1.27 bits per heavy atom. The second kappa shape index (κ2) is 9.50. The minimum atomic E-state index is -0.783. The maximum absolute atomic E-state index is 11.6. The zero-order valence-corrected chi connectivity index (χ0v) is 13.6. The fourth-order valence-corrected chi connectivity index (χ4v) is 2.48. The Hall–Kier alpha value is -1.50. The normalized spacial score (nSPS) is 15.4. The van der Waals surface area contributed by atoms with E-state index in [0.717, 1.165) is 4.90 Å². The number of unbranched alkanes of at least 4 members (excludes halogenated alkanes) is 1. The molecule has 0 bridgehead atoms. The van der Waals surface area contributed by atoms with Gasteiger partial charge in [0.15, 0.2) is 5.52 Å².